The third-order valence-corrected chi connectivity index (χ3v) is 5.15. The number of nitrogens with zero attached hydrogens (tertiary/aromatic N) is 2. The molecular weight excluding hydrogens is 428 g/mol. The van der Waals surface area contributed by atoms with Gasteiger partial charge >= 0.3 is 5.56 Å². The molecule has 7 nitrogen and oxygen atoms in total. The second-order valence-electron chi connectivity index (χ2n) is 8.12. The van der Waals surface area contributed by atoms with E-state index in [1.807, 2.05) is 20.8 Å². The summed E-state index contributed by atoms with van der Waals surface area (Å²) in [6.07, 6.45) is 1.34. The molecule has 0 atom stereocenters. The Kier molecular flexibility index (Phi) is 5.97. The van der Waals surface area contributed by atoms with E-state index in [0.29, 0.717) is 11.1 Å². The van der Waals surface area contributed by atoms with Crippen LogP contribution >= 0.6 is 0 Å². The van der Waals surface area contributed by atoms with Gasteiger partial charge in [0.25, 0.3) is 0 Å². The lowest BCUT2D eigenvalue weighted by Gasteiger charge is -2.20. The summed E-state index contributed by atoms with van der Waals surface area (Å²) in [5.74, 6) is -2.23. The van der Waals surface area contributed by atoms with E-state index in [2.05, 4.69) is 5.10 Å². The maximum atomic E-state index is 13.7. The molecule has 31 heavy (non-hydrogen) atoms. The number of aromatic nitrogens is 2. The van der Waals surface area contributed by atoms with E-state index in [9.17, 15) is 22.0 Å². The Balaban J connectivity index is 2.15. The number of rotatable bonds is 5. The van der Waals surface area contributed by atoms with E-state index < -0.39 is 27.2 Å². The second kappa shape index (κ2) is 8.20. The van der Waals surface area contributed by atoms with Crippen LogP contribution in [0.5, 0.6) is 5.75 Å². The molecule has 3 rings (SSSR count). The number of hydrogen-bond acceptors (Lipinski definition) is 5. The first-order valence-corrected chi connectivity index (χ1v) is 10.8. The summed E-state index contributed by atoms with van der Waals surface area (Å²) >= 11 is 0. The van der Waals surface area contributed by atoms with Gasteiger partial charge in [0.1, 0.15) is 0 Å². The van der Waals surface area contributed by atoms with Gasteiger partial charge in [-0.2, -0.15) is 9.78 Å². The summed E-state index contributed by atoms with van der Waals surface area (Å²) < 4.78 is 56.7. The third kappa shape index (κ3) is 5.15. The SMILES string of the molecule is CC(C)(C)COc1c(-c2ccc(S(N)(=O)=O)cc2)cnn(-c2ccc(F)c(F)c2)c1=O. The Hall–Kier alpha value is -3.11. The zero-order chi connectivity index (χ0) is 23.0. The van der Waals surface area contributed by atoms with Gasteiger partial charge in [-0.25, -0.2) is 22.3 Å². The van der Waals surface area contributed by atoms with Gasteiger partial charge in [0.2, 0.25) is 10.0 Å². The van der Waals surface area contributed by atoms with Crippen LogP contribution in [0.15, 0.2) is 58.4 Å². The number of sulfonamides is 1. The fourth-order valence-corrected chi connectivity index (χ4v) is 3.21. The quantitative estimate of drug-likeness (QED) is 0.644. The van der Waals surface area contributed by atoms with Crippen LogP contribution in [0.1, 0.15) is 20.8 Å². The zero-order valence-electron chi connectivity index (χ0n) is 17.1. The number of primary sulfonamides is 1. The van der Waals surface area contributed by atoms with Gasteiger partial charge in [-0.3, -0.25) is 4.79 Å². The number of nitrogens with two attached hydrogens (primary N) is 1. The minimum absolute atomic E-state index is 0.0284. The second-order valence-corrected chi connectivity index (χ2v) is 9.68. The topological polar surface area (TPSA) is 104 Å². The Morgan fingerprint density at radius 1 is 1.06 bits per heavy atom. The Bertz CT molecular complexity index is 1280. The molecule has 1 aromatic heterocycles. The van der Waals surface area contributed by atoms with E-state index in [-0.39, 0.29) is 28.4 Å². The molecule has 0 aliphatic heterocycles. The normalized spacial score (nSPS) is 12.1. The van der Waals surface area contributed by atoms with Crippen LogP contribution in [0.3, 0.4) is 0 Å². The Morgan fingerprint density at radius 2 is 1.71 bits per heavy atom. The van der Waals surface area contributed by atoms with Crippen molar-refractivity contribution in [2.24, 2.45) is 10.6 Å². The molecule has 0 amide bonds. The van der Waals surface area contributed by atoms with Crippen molar-refractivity contribution in [3.05, 3.63) is 70.6 Å². The van der Waals surface area contributed by atoms with Gasteiger partial charge in [-0.15, -0.1) is 0 Å². The molecule has 2 aromatic carbocycles. The number of halogens is 2. The minimum atomic E-state index is -3.88. The molecular formula is C21H21F2N3O4S. The smallest absolute Gasteiger partial charge is 0.314 e. The van der Waals surface area contributed by atoms with Crippen LogP contribution in [0, 0.1) is 17.0 Å². The van der Waals surface area contributed by atoms with Crippen molar-refractivity contribution in [2.45, 2.75) is 25.7 Å². The van der Waals surface area contributed by atoms with Crippen LogP contribution in [0.2, 0.25) is 0 Å². The van der Waals surface area contributed by atoms with Gasteiger partial charge in [0.15, 0.2) is 17.4 Å². The fraction of sp³-hybridized carbons (Fsp3) is 0.238. The third-order valence-electron chi connectivity index (χ3n) is 4.22. The highest BCUT2D eigenvalue weighted by Gasteiger charge is 2.20. The lowest BCUT2D eigenvalue weighted by molar-refractivity contribution is 0.195. The van der Waals surface area contributed by atoms with Crippen molar-refractivity contribution >= 4 is 10.0 Å². The molecule has 0 radical (unpaired) electrons. The maximum Gasteiger partial charge on any atom is 0.314 e. The number of ether oxygens (including phenoxy) is 1. The van der Waals surface area contributed by atoms with Crippen molar-refractivity contribution in [1.29, 1.82) is 0 Å². The van der Waals surface area contributed by atoms with Crippen LogP contribution in [0.25, 0.3) is 16.8 Å². The Labute approximate surface area is 178 Å². The van der Waals surface area contributed by atoms with Crippen molar-refractivity contribution < 1.29 is 21.9 Å². The number of hydrogen-bond donors (Lipinski definition) is 1. The number of benzene rings is 2. The van der Waals surface area contributed by atoms with Gasteiger partial charge in [-0.1, -0.05) is 32.9 Å². The van der Waals surface area contributed by atoms with Crippen LogP contribution in [-0.4, -0.2) is 24.8 Å². The maximum absolute atomic E-state index is 13.7. The first-order valence-electron chi connectivity index (χ1n) is 9.21. The summed E-state index contributed by atoms with van der Waals surface area (Å²) in [5, 5.41) is 9.19. The Morgan fingerprint density at radius 3 is 2.26 bits per heavy atom. The van der Waals surface area contributed by atoms with Crippen molar-refractivity contribution in [3.8, 4) is 22.6 Å². The van der Waals surface area contributed by atoms with Gasteiger partial charge < -0.3 is 4.74 Å². The minimum Gasteiger partial charge on any atom is -0.487 e. The largest absolute Gasteiger partial charge is 0.487 e. The van der Waals surface area contributed by atoms with E-state index in [4.69, 9.17) is 9.88 Å². The molecule has 0 unspecified atom stereocenters. The molecule has 2 N–H and O–H groups in total. The van der Waals surface area contributed by atoms with Crippen LogP contribution in [-0.2, 0) is 10.0 Å². The molecule has 0 aliphatic carbocycles. The van der Waals surface area contributed by atoms with E-state index >= 15 is 0 Å². The summed E-state index contributed by atoms with van der Waals surface area (Å²) in [4.78, 5) is 13.1. The lowest BCUT2D eigenvalue weighted by Crippen LogP contribution is -2.26. The monoisotopic (exact) mass is 449 g/mol. The van der Waals surface area contributed by atoms with E-state index in [0.717, 1.165) is 16.8 Å². The standard InChI is InChI=1S/C21H21F2N3O4S/c1-21(2,3)12-30-19-16(13-4-7-15(8-5-13)31(24,28)29)11-25-26(20(19)27)14-6-9-17(22)18(23)10-14/h4-11H,12H2,1-3H3,(H2,24,28,29). The average Bonchev–Trinajstić information content (AvgIpc) is 2.68. The summed E-state index contributed by atoms with van der Waals surface area (Å²) in [7, 11) is -3.88. The molecule has 1 heterocycles. The van der Waals surface area contributed by atoms with Gasteiger partial charge in [0.05, 0.1) is 23.4 Å². The molecule has 0 bridgehead atoms. The predicted octanol–water partition coefficient (Wildman–Crippen LogP) is 3.25. The molecule has 0 spiro atoms. The first-order chi connectivity index (χ1) is 14.4. The van der Waals surface area contributed by atoms with E-state index in [1.54, 1.807) is 0 Å². The molecule has 0 aliphatic rings. The molecule has 0 saturated heterocycles. The lowest BCUT2D eigenvalue weighted by atomic mass is 9.98. The van der Waals surface area contributed by atoms with Crippen LogP contribution < -0.4 is 15.4 Å². The van der Waals surface area contributed by atoms with Gasteiger partial charge in [0, 0.05) is 11.6 Å². The van der Waals surface area contributed by atoms with Crippen molar-refractivity contribution in [1.82, 2.24) is 9.78 Å². The summed E-state index contributed by atoms with van der Waals surface area (Å²) in [5.41, 5.74) is -0.145. The predicted molar refractivity (Wildman–Crippen MR) is 112 cm³/mol. The van der Waals surface area contributed by atoms with Gasteiger partial charge in [-0.05, 0) is 35.2 Å². The van der Waals surface area contributed by atoms with Crippen molar-refractivity contribution in [3.63, 3.8) is 0 Å². The first kappa shape index (κ1) is 22.6. The van der Waals surface area contributed by atoms with Crippen LogP contribution in [0.4, 0.5) is 8.78 Å². The molecule has 0 fully saturated rings. The fourth-order valence-electron chi connectivity index (χ4n) is 2.70. The zero-order valence-corrected chi connectivity index (χ0v) is 17.9. The molecule has 164 valence electrons. The van der Waals surface area contributed by atoms with E-state index in [1.165, 1.54) is 36.5 Å². The molecule has 0 saturated carbocycles. The van der Waals surface area contributed by atoms with Crippen molar-refractivity contribution in [2.75, 3.05) is 6.61 Å². The highest BCUT2D eigenvalue weighted by Crippen LogP contribution is 2.29. The average molecular weight is 449 g/mol. The highest BCUT2D eigenvalue weighted by atomic mass is 32.2. The molecule has 3 aromatic rings. The highest BCUT2D eigenvalue weighted by molar-refractivity contribution is 7.89. The summed E-state index contributed by atoms with van der Waals surface area (Å²) in [6.45, 7) is 5.94. The molecule has 10 heteroatoms. The summed E-state index contributed by atoms with van der Waals surface area (Å²) in [6, 6.07) is 8.54.